The topological polar surface area (TPSA) is 106 Å². The molecule has 0 radical (unpaired) electrons. The van der Waals surface area contributed by atoms with Gasteiger partial charge in [0, 0.05) is 24.0 Å². The average Bonchev–Trinajstić information content (AvgIpc) is 3.32. The Morgan fingerprint density at radius 1 is 1.00 bits per heavy atom. The third-order valence-corrected chi connectivity index (χ3v) is 4.68. The van der Waals surface area contributed by atoms with Crippen LogP contribution in [0.5, 0.6) is 5.75 Å². The fourth-order valence-electron chi connectivity index (χ4n) is 2.48. The van der Waals surface area contributed by atoms with Crippen LogP contribution in [0.15, 0.2) is 30.9 Å². The number of benzene rings is 1. The third-order valence-electron chi connectivity index (χ3n) is 3.90. The molecule has 0 aliphatic carbocycles. The van der Waals surface area contributed by atoms with E-state index in [1.807, 2.05) is 6.92 Å². The molecule has 2 N–H and O–H groups in total. The molecule has 0 aliphatic heterocycles. The summed E-state index contributed by atoms with van der Waals surface area (Å²) in [5.41, 5.74) is 0. The van der Waals surface area contributed by atoms with Crippen LogP contribution in [0.2, 0.25) is 15.1 Å². The standard InChI is InChI=1S/C15H16Cl3N3O2.C6H14O4/c1-2-4-20(15(22)21-5-3-19-10-21)6-7-23-14-12(17)8-11(16)9-13(14)18;7-1-3-9-5-6-10-4-2-8/h3,5,8-10H,2,4,6-7H2,1H3;7-8H,1-6H2. The Morgan fingerprint density at radius 3 is 2.09 bits per heavy atom. The van der Waals surface area contributed by atoms with E-state index in [-0.39, 0.29) is 25.9 Å². The molecule has 0 unspecified atom stereocenters. The number of hydrogen-bond donors (Lipinski definition) is 2. The fourth-order valence-corrected chi connectivity index (χ4v) is 3.41. The van der Waals surface area contributed by atoms with Crippen LogP contribution in [0, 0.1) is 0 Å². The molecule has 0 bridgehead atoms. The van der Waals surface area contributed by atoms with Crippen molar-refractivity contribution in [2.24, 2.45) is 0 Å². The van der Waals surface area contributed by atoms with Crippen molar-refractivity contribution in [1.29, 1.82) is 0 Å². The Morgan fingerprint density at radius 2 is 1.61 bits per heavy atom. The van der Waals surface area contributed by atoms with Gasteiger partial charge in [-0.25, -0.2) is 9.78 Å². The van der Waals surface area contributed by atoms with Gasteiger partial charge in [-0.1, -0.05) is 41.7 Å². The first-order chi connectivity index (χ1) is 15.9. The van der Waals surface area contributed by atoms with Crippen LogP contribution in [0.25, 0.3) is 0 Å². The molecule has 0 saturated heterocycles. The van der Waals surface area contributed by atoms with E-state index >= 15 is 0 Å². The lowest BCUT2D eigenvalue weighted by Gasteiger charge is -2.22. The lowest BCUT2D eigenvalue weighted by Crippen LogP contribution is -2.37. The van der Waals surface area contributed by atoms with Gasteiger partial charge in [0.2, 0.25) is 0 Å². The van der Waals surface area contributed by atoms with Crippen molar-refractivity contribution in [3.8, 4) is 5.75 Å². The molecule has 0 fully saturated rings. The van der Waals surface area contributed by atoms with Gasteiger partial charge in [-0.3, -0.25) is 4.57 Å². The number of carbonyl (C=O) groups is 1. The molecule has 2 rings (SSSR count). The van der Waals surface area contributed by atoms with Crippen LogP contribution in [0.4, 0.5) is 4.79 Å². The van der Waals surface area contributed by atoms with E-state index in [0.717, 1.165) is 6.42 Å². The first kappa shape index (κ1) is 29.4. The molecule has 2 aromatic rings. The second-order valence-electron chi connectivity index (χ2n) is 6.46. The molecule has 0 atom stereocenters. The van der Waals surface area contributed by atoms with Gasteiger partial charge in [0.1, 0.15) is 12.9 Å². The zero-order chi connectivity index (χ0) is 24.5. The number of halogens is 3. The van der Waals surface area contributed by atoms with Crippen molar-refractivity contribution in [1.82, 2.24) is 14.5 Å². The highest BCUT2D eigenvalue weighted by atomic mass is 35.5. The summed E-state index contributed by atoms with van der Waals surface area (Å²) in [6, 6.07) is 2.97. The van der Waals surface area contributed by atoms with E-state index in [2.05, 4.69) is 4.98 Å². The number of amides is 1. The Hall–Kier alpha value is -1.59. The van der Waals surface area contributed by atoms with Crippen LogP contribution >= 0.6 is 34.8 Å². The monoisotopic (exact) mass is 525 g/mol. The highest BCUT2D eigenvalue weighted by Gasteiger charge is 2.15. The predicted octanol–water partition coefficient (Wildman–Crippen LogP) is 3.61. The van der Waals surface area contributed by atoms with Crippen LogP contribution in [-0.4, -0.2) is 90.0 Å². The van der Waals surface area contributed by atoms with Crippen LogP contribution in [0.1, 0.15) is 13.3 Å². The maximum absolute atomic E-state index is 12.3. The summed E-state index contributed by atoms with van der Waals surface area (Å²) in [5, 5.41) is 17.6. The minimum absolute atomic E-state index is 0.0417. The van der Waals surface area contributed by atoms with Crippen molar-refractivity contribution >= 4 is 40.8 Å². The average molecular weight is 527 g/mol. The number of rotatable bonds is 13. The van der Waals surface area contributed by atoms with Gasteiger partial charge in [0.05, 0.1) is 56.2 Å². The number of nitrogens with zero attached hydrogens (tertiary/aromatic N) is 3. The van der Waals surface area contributed by atoms with Gasteiger partial charge >= 0.3 is 6.03 Å². The van der Waals surface area contributed by atoms with E-state index in [0.29, 0.717) is 60.3 Å². The molecule has 0 spiro atoms. The molecule has 1 amide bonds. The zero-order valence-corrected chi connectivity index (χ0v) is 20.7. The lowest BCUT2D eigenvalue weighted by atomic mass is 10.3. The summed E-state index contributed by atoms with van der Waals surface area (Å²) in [4.78, 5) is 17.9. The van der Waals surface area contributed by atoms with Crippen molar-refractivity contribution < 1.29 is 29.2 Å². The number of ether oxygens (including phenoxy) is 3. The number of hydrogen-bond acceptors (Lipinski definition) is 7. The van der Waals surface area contributed by atoms with Crippen molar-refractivity contribution in [3.63, 3.8) is 0 Å². The van der Waals surface area contributed by atoms with Gasteiger partial charge in [-0.15, -0.1) is 0 Å². The molecule has 33 heavy (non-hydrogen) atoms. The summed E-state index contributed by atoms with van der Waals surface area (Å²) in [6.45, 7) is 5.01. The molecule has 9 nitrogen and oxygen atoms in total. The minimum Gasteiger partial charge on any atom is -0.489 e. The van der Waals surface area contributed by atoms with Crippen molar-refractivity contribution in [2.45, 2.75) is 13.3 Å². The molecule has 1 heterocycles. The molecule has 1 aromatic carbocycles. The summed E-state index contributed by atoms with van der Waals surface area (Å²) in [5.74, 6) is 0.365. The number of aliphatic hydroxyl groups excluding tert-OH is 2. The number of carbonyl (C=O) groups excluding carboxylic acids is 1. The predicted molar refractivity (Wildman–Crippen MR) is 128 cm³/mol. The quantitative estimate of drug-likeness (QED) is 0.384. The molecule has 186 valence electrons. The second-order valence-corrected chi connectivity index (χ2v) is 7.71. The largest absolute Gasteiger partial charge is 0.489 e. The second kappa shape index (κ2) is 17.8. The zero-order valence-electron chi connectivity index (χ0n) is 18.5. The number of imidazole rings is 1. The Labute approximate surface area is 208 Å². The minimum atomic E-state index is -0.152. The third kappa shape index (κ3) is 11.9. The van der Waals surface area contributed by atoms with Gasteiger partial charge in [-0.2, -0.15) is 0 Å². The Kier molecular flexibility index (Phi) is 15.9. The van der Waals surface area contributed by atoms with Crippen molar-refractivity contribution in [2.75, 3.05) is 59.3 Å². The molecule has 1 aromatic heterocycles. The van der Waals surface area contributed by atoms with Gasteiger partial charge < -0.3 is 29.3 Å². The molecule has 0 saturated carbocycles. The summed E-state index contributed by atoms with van der Waals surface area (Å²) in [6.07, 6.45) is 5.48. The molecular formula is C21H30Cl3N3O6. The summed E-state index contributed by atoms with van der Waals surface area (Å²) in [7, 11) is 0. The maximum atomic E-state index is 12.3. The summed E-state index contributed by atoms with van der Waals surface area (Å²) < 4.78 is 16.8. The fraction of sp³-hybridized carbons (Fsp3) is 0.524. The normalized spacial score (nSPS) is 10.5. The highest BCUT2D eigenvalue weighted by Crippen LogP contribution is 2.35. The van der Waals surface area contributed by atoms with Crippen LogP contribution in [0.3, 0.4) is 0 Å². The van der Waals surface area contributed by atoms with E-state index in [1.165, 1.54) is 10.9 Å². The SMILES string of the molecule is CCCN(CCOc1c(Cl)cc(Cl)cc1Cl)C(=O)n1ccnc1.OCCOCCOCCO. The Balaban J connectivity index is 0.000000461. The smallest absolute Gasteiger partial charge is 0.329 e. The van der Waals surface area contributed by atoms with Crippen LogP contribution < -0.4 is 4.74 Å². The van der Waals surface area contributed by atoms with Crippen molar-refractivity contribution in [3.05, 3.63) is 45.9 Å². The molecule has 12 heteroatoms. The van der Waals surface area contributed by atoms with Gasteiger partial charge in [0.25, 0.3) is 0 Å². The number of aliphatic hydroxyl groups is 2. The molecule has 0 aliphatic rings. The lowest BCUT2D eigenvalue weighted by molar-refractivity contribution is 0.0222. The number of aromatic nitrogens is 2. The maximum Gasteiger partial charge on any atom is 0.329 e. The first-order valence-electron chi connectivity index (χ1n) is 10.4. The highest BCUT2D eigenvalue weighted by molar-refractivity contribution is 6.40. The van der Waals surface area contributed by atoms with Crippen LogP contribution in [-0.2, 0) is 9.47 Å². The van der Waals surface area contributed by atoms with E-state index in [4.69, 9.17) is 59.2 Å². The first-order valence-corrected chi connectivity index (χ1v) is 11.5. The van der Waals surface area contributed by atoms with Gasteiger partial charge in [0.15, 0.2) is 5.75 Å². The van der Waals surface area contributed by atoms with Gasteiger partial charge in [-0.05, 0) is 18.6 Å². The van der Waals surface area contributed by atoms with E-state index in [1.54, 1.807) is 29.4 Å². The Bertz CT molecular complexity index is 765. The summed E-state index contributed by atoms with van der Waals surface area (Å²) >= 11 is 18.0. The van der Waals surface area contributed by atoms with E-state index < -0.39 is 0 Å². The van der Waals surface area contributed by atoms with E-state index in [9.17, 15) is 4.79 Å². The molecular weight excluding hydrogens is 497 g/mol.